The second-order valence-electron chi connectivity index (χ2n) is 11.7. The maximum Gasteiger partial charge on any atom is 0.246 e. The van der Waals surface area contributed by atoms with E-state index in [4.69, 9.17) is 5.73 Å². The molecule has 0 aliphatic carbocycles. The Hall–Kier alpha value is -4.55. The summed E-state index contributed by atoms with van der Waals surface area (Å²) in [6.45, 7) is 3.12. The predicted molar refractivity (Wildman–Crippen MR) is 175 cm³/mol. The number of nitrogens with zero attached hydrogens (tertiary/aromatic N) is 3. The van der Waals surface area contributed by atoms with Gasteiger partial charge >= 0.3 is 0 Å². The van der Waals surface area contributed by atoms with Crippen molar-refractivity contribution in [3.05, 3.63) is 90.0 Å². The Kier molecular flexibility index (Phi) is 12.9. The van der Waals surface area contributed by atoms with Gasteiger partial charge in [-0.25, -0.2) is 4.98 Å². The predicted octanol–water partition coefficient (Wildman–Crippen LogP) is 1.51. The average molecular weight is 631 g/mol. The minimum atomic E-state index is -0.950. The lowest BCUT2D eigenvalue weighted by Gasteiger charge is -2.36. The van der Waals surface area contributed by atoms with Crippen LogP contribution in [-0.2, 0) is 25.6 Å². The van der Waals surface area contributed by atoms with Gasteiger partial charge in [0.25, 0.3) is 0 Å². The van der Waals surface area contributed by atoms with Gasteiger partial charge in [-0.1, -0.05) is 60.7 Å². The van der Waals surface area contributed by atoms with Crippen LogP contribution in [0.2, 0.25) is 0 Å². The summed E-state index contributed by atoms with van der Waals surface area (Å²) in [5.41, 5.74) is 8.87. The number of nitrogens with two attached hydrogens (primary N) is 1. The Morgan fingerprint density at radius 3 is 2.30 bits per heavy atom. The summed E-state index contributed by atoms with van der Waals surface area (Å²) in [6.07, 6.45) is 5.45. The highest BCUT2D eigenvalue weighted by atomic mass is 16.2. The lowest BCUT2D eigenvalue weighted by Crippen LogP contribution is -2.60. The van der Waals surface area contributed by atoms with Crippen molar-refractivity contribution < 1.29 is 19.2 Å². The van der Waals surface area contributed by atoms with Crippen molar-refractivity contribution >= 4 is 23.6 Å². The number of carbonyl (C=O) groups excluding carboxylic acids is 4. The van der Waals surface area contributed by atoms with Crippen LogP contribution in [0.3, 0.4) is 0 Å². The molecule has 2 aromatic carbocycles. The zero-order valence-electron chi connectivity index (χ0n) is 26.7. The summed E-state index contributed by atoms with van der Waals surface area (Å²) < 4.78 is 0. The standard InChI is InChI=1S/C34H46N8O4/c1-24(36-2)33(45)42-19-11-18-41(34(46)29(22-42)39-32(44)28(35)20-27-21-37-23-38-27)17-10-9-16-30(43)40-31(25-12-5-3-6-13-25)26-14-7-4-8-15-26/h3-8,12-15,21,23-24,28-29,31,36H,9-11,16-20,22,35H2,1-2H3,(H,37,38)(H,39,44)(H,40,43)/t24-,28?,29+/m1/s1. The number of benzene rings is 2. The van der Waals surface area contributed by atoms with Gasteiger partial charge in [0, 0.05) is 50.9 Å². The molecule has 3 aromatic rings. The molecule has 12 nitrogen and oxygen atoms in total. The fourth-order valence-corrected chi connectivity index (χ4v) is 5.58. The first-order chi connectivity index (χ1) is 22.3. The van der Waals surface area contributed by atoms with Crippen LogP contribution in [0.5, 0.6) is 0 Å². The van der Waals surface area contributed by atoms with E-state index in [0.29, 0.717) is 51.0 Å². The van der Waals surface area contributed by atoms with E-state index in [0.717, 1.165) is 11.1 Å². The molecule has 1 aromatic heterocycles. The van der Waals surface area contributed by atoms with Crippen LogP contribution in [0.1, 0.15) is 55.5 Å². The molecule has 1 unspecified atom stereocenters. The van der Waals surface area contributed by atoms with E-state index in [-0.39, 0.29) is 36.7 Å². The summed E-state index contributed by atoms with van der Waals surface area (Å²) in [4.78, 5) is 63.2. The molecular weight excluding hydrogens is 584 g/mol. The van der Waals surface area contributed by atoms with E-state index >= 15 is 0 Å². The number of amides is 4. The van der Waals surface area contributed by atoms with Crippen molar-refractivity contribution in [1.29, 1.82) is 0 Å². The topological polar surface area (TPSA) is 166 Å². The molecule has 12 heteroatoms. The smallest absolute Gasteiger partial charge is 0.246 e. The Morgan fingerprint density at radius 2 is 1.70 bits per heavy atom. The number of rotatable bonds is 14. The Morgan fingerprint density at radius 1 is 1.02 bits per heavy atom. The van der Waals surface area contributed by atoms with Crippen LogP contribution in [0, 0.1) is 0 Å². The number of H-pyrrole nitrogens is 1. The third-order valence-corrected chi connectivity index (χ3v) is 8.28. The maximum absolute atomic E-state index is 13.8. The number of unbranched alkanes of at least 4 members (excludes halogenated alkanes) is 1. The SMILES string of the molecule is CN[C@H](C)C(=O)N1CCCN(CCCCC(=O)NC(c2ccccc2)c2ccccc2)C(=O)[C@@H](NC(=O)C(N)Cc2cnc[nH]2)C1. The highest BCUT2D eigenvalue weighted by Gasteiger charge is 2.33. The zero-order chi connectivity index (χ0) is 32.9. The quantitative estimate of drug-likeness (QED) is 0.169. The number of imidazole rings is 1. The molecule has 0 radical (unpaired) electrons. The molecule has 1 aliphatic rings. The third-order valence-electron chi connectivity index (χ3n) is 8.28. The Bertz CT molecular complexity index is 1360. The second kappa shape index (κ2) is 17.2. The van der Waals surface area contributed by atoms with Crippen molar-refractivity contribution in [2.24, 2.45) is 5.73 Å². The molecule has 4 rings (SSSR count). The summed E-state index contributed by atoms with van der Waals surface area (Å²) in [5.74, 6) is -0.957. The first-order valence-electron chi connectivity index (χ1n) is 15.9. The van der Waals surface area contributed by atoms with Crippen LogP contribution in [0.15, 0.2) is 73.2 Å². The average Bonchev–Trinajstić information content (AvgIpc) is 3.59. The number of likely N-dealkylation sites (N-methyl/N-ethyl adjacent to an activating group) is 1. The van der Waals surface area contributed by atoms with Crippen LogP contribution in [0.4, 0.5) is 0 Å². The van der Waals surface area contributed by atoms with Crippen LogP contribution in [0.25, 0.3) is 0 Å². The maximum atomic E-state index is 13.8. The Balaban J connectivity index is 1.35. The van der Waals surface area contributed by atoms with Gasteiger partial charge in [-0.15, -0.1) is 0 Å². The van der Waals surface area contributed by atoms with E-state index in [9.17, 15) is 19.2 Å². The lowest BCUT2D eigenvalue weighted by atomic mass is 9.98. The van der Waals surface area contributed by atoms with Crippen molar-refractivity contribution in [1.82, 2.24) is 35.7 Å². The molecule has 0 saturated carbocycles. The highest BCUT2D eigenvalue weighted by molar-refractivity contribution is 5.91. The fourth-order valence-electron chi connectivity index (χ4n) is 5.58. The summed E-state index contributed by atoms with van der Waals surface area (Å²) >= 11 is 0. The summed E-state index contributed by atoms with van der Waals surface area (Å²) in [7, 11) is 1.71. The monoisotopic (exact) mass is 630 g/mol. The van der Waals surface area contributed by atoms with E-state index < -0.39 is 24.0 Å². The lowest BCUT2D eigenvalue weighted by molar-refractivity contribution is -0.142. The fraction of sp³-hybridized carbons (Fsp3) is 0.441. The minimum absolute atomic E-state index is 0.0471. The van der Waals surface area contributed by atoms with Gasteiger partial charge in [-0.2, -0.15) is 0 Å². The third kappa shape index (κ3) is 9.72. The molecule has 1 saturated heterocycles. The van der Waals surface area contributed by atoms with Gasteiger partial charge in [0.2, 0.25) is 23.6 Å². The van der Waals surface area contributed by atoms with Crippen molar-refractivity contribution in [3.63, 3.8) is 0 Å². The van der Waals surface area contributed by atoms with E-state index in [2.05, 4.69) is 25.9 Å². The molecule has 4 amide bonds. The summed E-state index contributed by atoms with van der Waals surface area (Å²) in [5, 5.41) is 8.94. The Labute approximate surface area is 270 Å². The second-order valence-corrected chi connectivity index (χ2v) is 11.7. The highest BCUT2D eigenvalue weighted by Crippen LogP contribution is 2.22. The number of aromatic amines is 1. The van der Waals surface area contributed by atoms with Gasteiger partial charge < -0.3 is 36.5 Å². The van der Waals surface area contributed by atoms with Gasteiger partial charge in [0.1, 0.15) is 6.04 Å². The van der Waals surface area contributed by atoms with Crippen LogP contribution >= 0.6 is 0 Å². The molecule has 0 spiro atoms. The zero-order valence-corrected chi connectivity index (χ0v) is 26.7. The normalized spacial score (nSPS) is 16.8. The first kappa shape index (κ1) is 34.3. The molecule has 2 heterocycles. The van der Waals surface area contributed by atoms with Gasteiger partial charge in [0.15, 0.2) is 0 Å². The van der Waals surface area contributed by atoms with Crippen LogP contribution in [-0.4, -0.2) is 94.7 Å². The number of carbonyl (C=O) groups is 4. The summed E-state index contributed by atoms with van der Waals surface area (Å²) in [6, 6.07) is 17.2. The molecule has 3 atom stereocenters. The molecule has 1 aliphatic heterocycles. The molecule has 246 valence electrons. The molecule has 46 heavy (non-hydrogen) atoms. The van der Waals surface area contributed by atoms with Crippen molar-refractivity contribution in [2.75, 3.05) is 33.2 Å². The van der Waals surface area contributed by atoms with E-state index in [1.54, 1.807) is 30.0 Å². The molecular formula is C34H46N8O4. The first-order valence-corrected chi connectivity index (χ1v) is 15.9. The number of aromatic nitrogens is 2. The van der Waals surface area contributed by atoms with Crippen molar-refractivity contribution in [3.8, 4) is 0 Å². The molecule has 1 fully saturated rings. The van der Waals surface area contributed by atoms with E-state index in [1.165, 1.54) is 6.33 Å². The molecule has 0 bridgehead atoms. The minimum Gasteiger partial charge on any atom is -0.348 e. The number of nitrogens with one attached hydrogen (secondary N) is 4. The molecule has 6 N–H and O–H groups in total. The van der Waals surface area contributed by atoms with Crippen molar-refractivity contribution in [2.45, 2.75) is 63.2 Å². The number of hydrogen-bond acceptors (Lipinski definition) is 7. The number of hydrogen-bond donors (Lipinski definition) is 5. The van der Waals surface area contributed by atoms with E-state index in [1.807, 2.05) is 60.7 Å². The van der Waals surface area contributed by atoms with Gasteiger partial charge in [0.05, 0.1) is 24.5 Å². The van der Waals surface area contributed by atoms with Crippen LogP contribution < -0.4 is 21.7 Å². The van der Waals surface area contributed by atoms with Gasteiger partial charge in [-0.05, 0) is 44.4 Å². The largest absolute Gasteiger partial charge is 0.348 e. The van der Waals surface area contributed by atoms with Gasteiger partial charge in [-0.3, -0.25) is 19.2 Å².